The van der Waals surface area contributed by atoms with Gasteiger partial charge in [0.2, 0.25) is 0 Å². The first kappa shape index (κ1) is 27.0. The van der Waals surface area contributed by atoms with Crippen molar-refractivity contribution < 1.29 is 27.6 Å². The summed E-state index contributed by atoms with van der Waals surface area (Å²) in [5.41, 5.74) is 0. The summed E-state index contributed by atoms with van der Waals surface area (Å²) in [6.45, 7) is 0. The number of nitrogens with zero attached hydrogens (tertiary/aromatic N) is 1. The van der Waals surface area contributed by atoms with E-state index < -0.39 is 5.09 Å². The summed E-state index contributed by atoms with van der Waals surface area (Å²) in [6.07, 6.45) is 0. The van der Waals surface area contributed by atoms with E-state index in [4.69, 9.17) is 15.3 Å². The molecular weight excluding hydrogens is 169 g/mol. The predicted octanol–water partition coefficient (Wildman–Crippen LogP) is -0.799. The fourth-order valence-corrected chi connectivity index (χ4v) is 0. The molecule has 0 atom stereocenters. The van der Waals surface area contributed by atoms with E-state index in [1.54, 1.807) is 0 Å². The van der Waals surface area contributed by atoms with Crippen LogP contribution < -0.4 is 0 Å². The second kappa shape index (κ2) is 16.4. The molecule has 0 aromatic rings. The minimum Gasteiger partial charge on any atom is -0.870 e. The van der Waals surface area contributed by atoms with Gasteiger partial charge in [-0.15, -0.1) is 0 Å². The molecule has 0 fully saturated rings. The van der Waals surface area contributed by atoms with Gasteiger partial charge in [0.15, 0.2) is 0 Å². The maximum atomic E-state index is 8.25. The smallest absolute Gasteiger partial charge is 0.870 e. The zero-order valence-corrected chi connectivity index (χ0v) is 5.09. The van der Waals surface area contributed by atoms with Gasteiger partial charge in [-0.05, 0) is 0 Å². The Balaban J connectivity index is -0.0000000150. The van der Waals surface area contributed by atoms with Crippen LogP contribution >= 0.6 is 0 Å². The molecule has 0 unspecified atom stereocenters. The molecule has 0 rings (SSSR count). The van der Waals surface area contributed by atoms with E-state index in [9.17, 15) is 0 Å². The molecule has 0 saturated carbocycles. The molecular formula is HAlCuNO4+3. The van der Waals surface area contributed by atoms with Crippen molar-refractivity contribution in [1.82, 2.24) is 0 Å². The van der Waals surface area contributed by atoms with Crippen LogP contribution in [0.25, 0.3) is 0 Å². The minimum atomic E-state index is -1.75. The summed E-state index contributed by atoms with van der Waals surface area (Å²) >= 11 is 0. The molecule has 0 aliphatic rings. The van der Waals surface area contributed by atoms with E-state index in [0.29, 0.717) is 0 Å². The fraction of sp³-hybridized carbons (Fsp3) is 0. The third-order valence-electron chi connectivity index (χ3n) is 0. The third kappa shape index (κ3) is 2450. The van der Waals surface area contributed by atoms with E-state index >= 15 is 0 Å². The van der Waals surface area contributed by atoms with Crippen molar-refractivity contribution in [3.05, 3.63) is 15.3 Å². The average molecular weight is 170 g/mol. The summed E-state index contributed by atoms with van der Waals surface area (Å²) in [6, 6.07) is 0. The van der Waals surface area contributed by atoms with E-state index in [0.717, 1.165) is 0 Å². The molecule has 1 N–H and O–H groups in total. The molecule has 5 nitrogen and oxygen atoms in total. The number of hydrogen-bond acceptors (Lipinski definition) is 4. The van der Waals surface area contributed by atoms with Crippen LogP contribution in [-0.4, -0.2) is 27.9 Å². The second-order valence-corrected chi connectivity index (χ2v) is 0.224. The van der Waals surface area contributed by atoms with Crippen molar-refractivity contribution in [2.45, 2.75) is 0 Å². The first-order valence-electron chi connectivity index (χ1n) is 0.548. The summed E-state index contributed by atoms with van der Waals surface area (Å²) < 4.78 is 0. The normalized spacial score (nSPS) is 3.43. The van der Waals surface area contributed by atoms with Crippen molar-refractivity contribution in [2.24, 2.45) is 0 Å². The van der Waals surface area contributed by atoms with E-state index in [1.807, 2.05) is 0 Å². The van der Waals surface area contributed by atoms with Gasteiger partial charge in [0.05, 0.1) is 5.09 Å². The van der Waals surface area contributed by atoms with Gasteiger partial charge in [-0.2, -0.15) is 0 Å². The van der Waals surface area contributed by atoms with Crippen LogP contribution in [0.2, 0.25) is 0 Å². The van der Waals surface area contributed by atoms with Crippen LogP contribution in [0.4, 0.5) is 0 Å². The topological polar surface area (TPSA) is 96.2 Å². The van der Waals surface area contributed by atoms with Crippen LogP contribution in [0.3, 0.4) is 0 Å². The molecule has 0 saturated heterocycles. The van der Waals surface area contributed by atoms with Crippen molar-refractivity contribution in [3.63, 3.8) is 0 Å². The van der Waals surface area contributed by atoms with Gasteiger partial charge in [-0.1, -0.05) is 0 Å². The van der Waals surface area contributed by atoms with Crippen molar-refractivity contribution in [2.75, 3.05) is 0 Å². The molecule has 41 valence electrons. The Bertz CT molecular complexity index is 34.7. The van der Waals surface area contributed by atoms with E-state index in [-0.39, 0.29) is 39.9 Å². The van der Waals surface area contributed by atoms with Gasteiger partial charge >= 0.3 is 34.4 Å². The van der Waals surface area contributed by atoms with E-state index in [1.165, 1.54) is 0 Å². The van der Waals surface area contributed by atoms with Crippen molar-refractivity contribution >= 4 is 17.4 Å². The Kier molecular flexibility index (Phi) is 63.0. The zero-order chi connectivity index (χ0) is 3.58. The Morgan fingerprint density at radius 2 is 1.29 bits per heavy atom. The molecule has 0 aliphatic heterocycles. The number of hydrogen-bond donors (Lipinski definition) is 0. The summed E-state index contributed by atoms with van der Waals surface area (Å²) in [4.78, 5) is 8.25. The molecule has 0 spiro atoms. The summed E-state index contributed by atoms with van der Waals surface area (Å²) in [7, 11) is 0. The first-order chi connectivity index (χ1) is 1.73. The quantitative estimate of drug-likeness (QED) is 0.269. The Morgan fingerprint density at radius 3 is 1.29 bits per heavy atom. The monoisotopic (exact) mass is 169 g/mol. The van der Waals surface area contributed by atoms with Gasteiger partial charge in [-0.25, -0.2) is 0 Å². The van der Waals surface area contributed by atoms with Gasteiger partial charge in [0.1, 0.15) is 0 Å². The van der Waals surface area contributed by atoms with Crippen molar-refractivity contribution in [1.29, 1.82) is 0 Å². The fourth-order valence-electron chi connectivity index (χ4n) is 0. The first-order valence-corrected chi connectivity index (χ1v) is 0.548. The van der Waals surface area contributed by atoms with Gasteiger partial charge in [-0.3, -0.25) is 0 Å². The Labute approximate surface area is 60.7 Å². The van der Waals surface area contributed by atoms with E-state index in [2.05, 4.69) is 0 Å². The second-order valence-electron chi connectivity index (χ2n) is 0.224. The van der Waals surface area contributed by atoms with Crippen LogP contribution in [0, 0.1) is 15.3 Å². The number of rotatable bonds is 0. The maximum absolute atomic E-state index is 8.25. The molecule has 7 heavy (non-hydrogen) atoms. The standard InChI is InChI=1S/Al.Cu.NO3.H2O/c;;2-1(3)4;/h;;;1H2/q+3;+2;-1;/p-1. The van der Waals surface area contributed by atoms with Crippen LogP contribution in [0.1, 0.15) is 0 Å². The largest absolute Gasteiger partial charge is 3.00 e. The molecule has 0 amide bonds. The zero-order valence-electron chi connectivity index (χ0n) is 3.00. The van der Waals surface area contributed by atoms with Crippen molar-refractivity contribution in [3.8, 4) is 0 Å². The molecule has 0 aliphatic carbocycles. The molecule has 0 heterocycles. The Hall–Kier alpha value is 0.212. The summed E-state index contributed by atoms with van der Waals surface area (Å²) in [5.74, 6) is 0. The van der Waals surface area contributed by atoms with Gasteiger partial charge in [0.25, 0.3) is 0 Å². The van der Waals surface area contributed by atoms with Gasteiger partial charge in [0, 0.05) is 0 Å². The minimum absolute atomic E-state index is 0. The maximum Gasteiger partial charge on any atom is 3.00 e. The molecule has 0 aromatic carbocycles. The molecule has 1 radical (unpaired) electrons. The predicted molar refractivity (Wildman–Crippen MR) is 18.1 cm³/mol. The van der Waals surface area contributed by atoms with Gasteiger partial charge < -0.3 is 20.8 Å². The Morgan fingerprint density at radius 1 is 1.29 bits per heavy atom. The van der Waals surface area contributed by atoms with Crippen LogP contribution in [0.5, 0.6) is 0 Å². The van der Waals surface area contributed by atoms with Crippen LogP contribution in [0.15, 0.2) is 0 Å². The van der Waals surface area contributed by atoms with Crippen LogP contribution in [-0.2, 0) is 17.1 Å². The third-order valence-corrected chi connectivity index (χ3v) is 0. The molecule has 0 bridgehead atoms. The molecule has 0 aromatic heterocycles. The summed E-state index contributed by atoms with van der Waals surface area (Å²) in [5, 5.41) is 14.8. The molecule has 7 heteroatoms. The average Bonchev–Trinajstić information content (AvgIpc) is 0.811. The SMILES string of the molecule is O=[N+]([O-])[O-].[Al+3].[Cu+2].[OH-].